The molecule has 1 amide bonds. The number of rotatable bonds is 4. The number of aryl methyl sites for hydroxylation is 1. The normalized spacial score (nSPS) is 19.5. The quantitative estimate of drug-likeness (QED) is 0.857. The molecule has 1 aliphatic heterocycles. The van der Waals surface area contributed by atoms with Crippen molar-refractivity contribution >= 4 is 11.6 Å². The topological polar surface area (TPSA) is 41.1 Å². The van der Waals surface area contributed by atoms with Gasteiger partial charge in [0, 0.05) is 5.69 Å². The van der Waals surface area contributed by atoms with Gasteiger partial charge in [-0.05, 0) is 43.5 Å². The Balaban J connectivity index is 1.89. The van der Waals surface area contributed by atoms with Crippen molar-refractivity contribution in [3.05, 3.63) is 29.8 Å². The molecule has 0 saturated carbocycles. The van der Waals surface area contributed by atoms with Gasteiger partial charge in [-0.25, -0.2) is 0 Å². The van der Waals surface area contributed by atoms with E-state index in [1.807, 2.05) is 12.1 Å². The molecule has 1 fully saturated rings. The average molecular weight is 246 g/mol. The van der Waals surface area contributed by atoms with Gasteiger partial charge in [-0.1, -0.05) is 31.9 Å². The van der Waals surface area contributed by atoms with Crippen molar-refractivity contribution in [2.24, 2.45) is 0 Å². The molecule has 1 atom stereocenters. The predicted octanol–water partition coefficient (Wildman–Crippen LogP) is 2.72. The van der Waals surface area contributed by atoms with E-state index in [0.29, 0.717) is 0 Å². The third-order valence-corrected chi connectivity index (χ3v) is 3.39. The Hall–Kier alpha value is -1.35. The van der Waals surface area contributed by atoms with Gasteiger partial charge < -0.3 is 10.6 Å². The fraction of sp³-hybridized carbons (Fsp3) is 0.533. The number of carbonyl (C=O) groups excluding carboxylic acids is 1. The first kappa shape index (κ1) is 13.1. The largest absolute Gasteiger partial charge is 0.325 e. The molecule has 18 heavy (non-hydrogen) atoms. The van der Waals surface area contributed by atoms with Crippen molar-refractivity contribution in [3.8, 4) is 0 Å². The second kappa shape index (κ2) is 6.55. The zero-order chi connectivity index (χ0) is 12.8. The zero-order valence-corrected chi connectivity index (χ0v) is 11.0. The Morgan fingerprint density at radius 3 is 2.72 bits per heavy atom. The smallest absolute Gasteiger partial charge is 0.241 e. The Morgan fingerprint density at radius 1 is 1.33 bits per heavy atom. The van der Waals surface area contributed by atoms with Crippen LogP contribution in [0.25, 0.3) is 0 Å². The van der Waals surface area contributed by atoms with Crippen LogP contribution in [0.5, 0.6) is 0 Å². The zero-order valence-electron chi connectivity index (χ0n) is 11.0. The van der Waals surface area contributed by atoms with E-state index >= 15 is 0 Å². The number of benzene rings is 1. The van der Waals surface area contributed by atoms with E-state index in [-0.39, 0.29) is 11.9 Å². The van der Waals surface area contributed by atoms with Crippen LogP contribution >= 0.6 is 0 Å². The van der Waals surface area contributed by atoms with Gasteiger partial charge in [0.15, 0.2) is 0 Å². The number of piperidine rings is 1. The van der Waals surface area contributed by atoms with E-state index < -0.39 is 0 Å². The van der Waals surface area contributed by atoms with Crippen molar-refractivity contribution in [2.75, 3.05) is 11.9 Å². The maximum absolute atomic E-state index is 12.0. The summed E-state index contributed by atoms with van der Waals surface area (Å²) in [6, 6.07) is 8.15. The maximum Gasteiger partial charge on any atom is 0.241 e. The SMILES string of the molecule is CCCc1ccc(NC(=O)C2CCCCN2)cc1. The summed E-state index contributed by atoms with van der Waals surface area (Å²) < 4.78 is 0. The first-order valence-electron chi connectivity index (χ1n) is 6.93. The molecular weight excluding hydrogens is 224 g/mol. The summed E-state index contributed by atoms with van der Waals surface area (Å²) in [4.78, 5) is 12.0. The molecule has 0 aliphatic carbocycles. The monoisotopic (exact) mass is 246 g/mol. The summed E-state index contributed by atoms with van der Waals surface area (Å²) in [6.07, 6.45) is 5.51. The standard InChI is InChI=1S/C15H22N2O/c1-2-5-12-7-9-13(10-8-12)17-15(18)14-6-3-4-11-16-14/h7-10,14,16H,2-6,11H2,1H3,(H,17,18). The van der Waals surface area contributed by atoms with Gasteiger partial charge in [-0.3, -0.25) is 4.79 Å². The van der Waals surface area contributed by atoms with Crippen LogP contribution in [0.15, 0.2) is 24.3 Å². The third kappa shape index (κ3) is 3.57. The highest BCUT2D eigenvalue weighted by Gasteiger charge is 2.20. The number of nitrogens with one attached hydrogen (secondary N) is 2. The summed E-state index contributed by atoms with van der Waals surface area (Å²) in [5, 5.41) is 6.24. The van der Waals surface area contributed by atoms with Crippen LogP contribution in [-0.2, 0) is 11.2 Å². The Kier molecular flexibility index (Phi) is 4.76. The molecule has 2 rings (SSSR count). The molecule has 0 bridgehead atoms. The second-order valence-corrected chi connectivity index (χ2v) is 4.94. The molecule has 1 heterocycles. The lowest BCUT2D eigenvalue weighted by Gasteiger charge is -2.22. The van der Waals surface area contributed by atoms with Crippen molar-refractivity contribution in [3.63, 3.8) is 0 Å². The van der Waals surface area contributed by atoms with Crippen molar-refractivity contribution < 1.29 is 4.79 Å². The van der Waals surface area contributed by atoms with E-state index in [0.717, 1.165) is 37.9 Å². The van der Waals surface area contributed by atoms with E-state index in [1.165, 1.54) is 12.0 Å². The molecule has 0 aromatic heterocycles. The van der Waals surface area contributed by atoms with Gasteiger partial charge in [0.2, 0.25) is 5.91 Å². The highest BCUT2D eigenvalue weighted by Crippen LogP contribution is 2.13. The fourth-order valence-corrected chi connectivity index (χ4v) is 2.35. The van der Waals surface area contributed by atoms with Crippen molar-refractivity contribution in [2.45, 2.75) is 45.1 Å². The van der Waals surface area contributed by atoms with Crippen LogP contribution in [0, 0.1) is 0 Å². The van der Waals surface area contributed by atoms with E-state index in [1.54, 1.807) is 0 Å². The molecule has 1 unspecified atom stereocenters. The van der Waals surface area contributed by atoms with Gasteiger partial charge in [0.25, 0.3) is 0 Å². The van der Waals surface area contributed by atoms with E-state index in [9.17, 15) is 4.79 Å². The minimum Gasteiger partial charge on any atom is -0.325 e. The summed E-state index contributed by atoms with van der Waals surface area (Å²) >= 11 is 0. The molecule has 98 valence electrons. The molecule has 1 aliphatic rings. The van der Waals surface area contributed by atoms with Gasteiger partial charge in [-0.2, -0.15) is 0 Å². The molecule has 0 radical (unpaired) electrons. The van der Waals surface area contributed by atoms with Crippen LogP contribution in [0.4, 0.5) is 5.69 Å². The first-order chi connectivity index (χ1) is 8.79. The second-order valence-electron chi connectivity index (χ2n) is 4.94. The lowest BCUT2D eigenvalue weighted by molar-refractivity contribution is -0.118. The molecule has 1 saturated heterocycles. The average Bonchev–Trinajstić information content (AvgIpc) is 2.42. The molecule has 0 spiro atoms. The first-order valence-corrected chi connectivity index (χ1v) is 6.93. The van der Waals surface area contributed by atoms with E-state index in [4.69, 9.17) is 0 Å². The molecule has 3 nitrogen and oxygen atoms in total. The lowest BCUT2D eigenvalue weighted by atomic mass is 10.0. The summed E-state index contributed by atoms with van der Waals surface area (Å²) in [6.45, 7) is 3.12. The van der Waals surface area contributed by atoms with Gasteiger partial charge in [0.1, 0.15) is 0 Å². The molecule has 3 heteroatoms. The summed E-state index contributed by atoms with van der Waals surface area (Å²) in [5.41, 5.74) is 2.22. The number of carbonyl (C=O) groups is 1. The lowest BCUT2D eigenvalue weighted by Crippen LogP contribution is -2.43. The minimum absolute atomic E-state index is 0.0194. The maximum atomic E-state index is 12.0. The number of hydrogen-bond donors (Lipinski definition) is 2. The Bertz CT molecular complexity index is 380. The van der Waals surface area contributed by atoms with Crippen molar-refractivity contribution in [1.29, 1.82) is 0 Å². The number of hydrogen-bond acceptors (Lipinski definition) is 2. The van der Waals surface area contributed by atoms with Crippen LogP contribution in [0.1, 0.15) is 38.2 Å². The van der Waals surface area contributed by atoms with Crippen LogP contribution in [0.3, 0.4) is 0 Å². The molecular formula is C15H22N2O. The van der Waals surface area contributed by atoms with Gasteiger partial charge in [0.05, 0.1) is 6.04 Å². The van der Waals surface area contributed by atoms with Crippen molar-refractivity contribution in [1.82, 2.24) is 5.32 Å². The highest BCUT2D eigenvalue weighted by atomic mass is 16.2. The highest BCUT2D eigenvalue weighted by molar-refractivity contribution is 5.94. The Morgan fingerprint density at radius 2 is 2.11 bits per heavy atom. The summed E-state index contributed by atoms with van der Waals surface area (Å²) in [7, 11) is 0. The van der Waals surface area contributed by atoms with Crippen LogP contribution in [-0.4, -0.2) is 18.5 Å². The third-order valence-electron chi connectivity index (χ3n) is 3.39. The van der Waals surface area contributed by atoms with Gasteiger partial charge in [-0.15, -0.1) is 0 Å². The molecule has 1 aromatic carbocycles. The van der Waals surface area contributed by atoms with Gasteiger partial charge >= 0.3 is 0 Å². The number of amides is 1. The van der Waals surface area contributed by atoms with Crippen LogP contribution in [0.2, 0.25) is 0 Å². The summed E-state index contributed by atoms with van der Waals surface area (Å²) in [5.74, 6) is 0.0953. The molecule has 2 N–H and O–H groups in total. The van der Waals surface area contributed by atoms with E-state index in [2.05, 4.69) is 29.7 Å². The Labute approximate surface area is 109 Å². The number of anilines is 1. The molecule has 1 aromatic rings. The fourth-order valence-electron chi connectivity index (χ4n) is 2.35. The minimum atomic E-state index is -0.0194. The predicted molar refractivity (Wildman–Crippen MR) is 74.7 cm³/mol. The van der Waals surface area contributed by atoms with Crippen LogP contribution < -0.4 is 10.6 Å².